The fourth-order valence-corrected chi connectivity index (χ4v) is 3.34. The third-order valence-corrected chi connectivity index (χ3v) is 4.86. The van der Waals surface area contributed by atoms with Gasteiger partial charge in [0.1, 0.15) is 5.75 Å². The van der Waals surface area contributed by atoms with Gasteiger partial charge >= 0.3 is 18.0 Å². The zero-order chi connectivity index (χ0) is 22.2. The van der Waals surface area contributed by atoms with Crippen molar-refractivity contribution >= 4 is 18.0 Å². The molecule has 3 rings (SSSR count). The molecule has 0 fully saturated rings. The van der Waals surface area contributed by atoms with Crippen LogP contribution in [0.4, 0.5) is 4.79 Å². The molecule has 0 aromatic heterocycles. The van der Waals surface area contributed by atoms with Gasteiger partial charge in [-0.15, -0.1) is 0 Å². The molecule has 1 unspecified atom stereocenters. The first-order valence-corrected chi connectivity index (χ1v) is 10.4. The molecule has 2 aromatic rings. The van der Waals surface area contributed by atoms with Crippen LogP contribution in [0.25, 0.3) is 0 Å². The van der Waals surface area contributed by atoms with E-state index in [-0.39, 0.29) is 12.6 Å². The molecule has 0 aliphatic carbocycles. The summed E-state index contributed by atoms with van der Waals surface area (Å²) in [5, 5.41) is 5.55. The highest BCUT2D eigenvalue weighted by molar-refractivity contribution is 5.95. The van der Waals surface area contributed by atoms with Crippen LogP contribution in [0.2, 0.25) is 0 Å². The van der Waals surface area contributed by atoms with E-state index < -0.39 is 18.0 Å². The molecule has 2 aromatic carbocycles. The van der Waals surface area contributed by atoms with Crippen LogP contribution in [0, 0.1) is 0 Å². The summed E-state index contributed by atoms with van der Waals surface area (Å²) in [4.78, 5) is 37.2. The van der Waals surface area contributed by atoms with Crippen molar-refractivity contribution in [2.45, 2.75) is 39.2 Å². The normalized spacial score (nSPS) is 15.7. The molecular formula is C24H26N2O5. The molecule has 1 heterocycles. The summed E-state index contributed by atoms with van der Waals surface area (Å²) < 4.78 is 10.7. The van der Waals surface area contributed by atoms with E-state index in [0.717, 1.165) is 12.8 Å². The minimum absolute atomic E-state index is 0.235. The second kappa shape index (κ2) is 10.4. The Morgan fingerprint density at radius 1 is 0.968 bits per heavy atom. The van der Waals surface area contributed by atoms with Crippen molar-refractivity contribution in [3.63, 3.8) is 0 Å². The summed E-state index contributed by atoms with van der Waals surface area (Å²) in [6, 6.07) is 14.4. The zero-order valence-electron chi connectivity index (χ0n) is 17.6. The van der Waals surface area contributed by atoms with Crippen molar-refractivity contribution in [2.24, 2.45) is 0 Å². The van der Waals surface area contributed by atoms with Crippen LogP contribution in [0.15, 0.2) is 65.9 Å². The topological polar surface area (TPSA) is 93.7 Å². The summed E-state index contributed by atoms with van der Waals surface area (Å²) in [5.74, 6) is -0.561. The molecule has 2 N–H and O–H groups in total. The SMILES string of the molecule is CCCCC1=C(C(=O)OCC)C(c2ccc(OC(=O)c3ccccc3)cc2)NC(=O)N1. The smallest absolute Gasteiger partial charge is 0.343 e. The van der Waals surface area contributed by atoms with Gasteiger partial charge in [0.15, 0.2) is 0 Å². The zero-order valence-corrected chi connectivity index (χ0v) is 17.6. The molecule has 2 amide bonds. The lowest BCUT2D eigenvalue weighted by Gasteiger charge is -2.29. The minimum atomic E-state index is -0.654. The first kappa shape index (κ1) is 22.1. The Morgan fingerprint density at radius 2 is 1.68 bits per heavy atom. The van der Waals surface area contributed by atoms with Gasteiger partial charge in [-0.1, -0.05) is 43.7 Å². The summed E-state index contributed by atoms with van der Waals surface area (Å²) in [5.41, 5.74) is 2.11. The number of hydrogen-bond acceptors (Lipinski definition) is 5. The number of hydrogen-bond donors (Lipinski definition) is 2. The van der Waals surface area contributed by atoms with Gasteiger partial charge in [0.05, 0.1) is 23.8 Å². The highest BCUT2D eigenvalue weighted by Crippen LogP contribution is 2.30. The van der Waals surface area contributed by atoms with Crippen LogP contribution in [-0.4, -0.2) is 24.6 Å². The van der Waals surface area contributed by atoms with Crippen LogP contribution in [0.5, 0.6) is 5.75 Å². The maximum absolute atomic E-state index is 12.7. The number of carbonyl (C=O) groups excluding carboxylic acids is 3. The van der Waals surface area contributed by atoms with Gasteiger partial charge in [0.25, 0.3) is 0 Å². The van der Waals surface area contributed by atoms with Gasteiger partial charge < -0.3 is 20.1 Å². The molecule has 0 bridgehead atoms. The average Bonchev–Trinajstić information content (AvgIpc) is 2.78. The lowest BCUT2D eigenvalue weighted by Crippen LogP contribution is -2.46. The lowest BCUT2D eigenvalue weighted by atomic mass is 9.93. The number of esters is 2. The van der Waals surface area contributed by atoms with Gasteiger partial charge in [-0.3, -0.25) is 0 Å². The van der Waals surface area contributed by atoms with Gasteiger partial charge in [-0.2, -0.15) is 0 Å². The number of urea groups is 1. The third kappa shape index (κ3) is 5.51. The van der Waals surface area contributed by atoms with Crippen LogP contribution in [-0.2, 0) is 9.53 Å². The molecule has 0 radical (unpaired) electrons. The molecule has 31 heavy (non-hydrogen) atoms. The predicted octanol–water partition coefficient (Wildman–Crippen LogP) is 4.27. The van der Waals surface area contributed by atoms with Gasteiger partial charge in [0, 0.05) is 5.70 Å². The molecule has 0 saturated carbocycles. The monoisotopic (exact) mass is 422 g/mol. The van der Waals surface area contributed by atoms with E-state index in [2.05, 4.69) is 10.6 Å². The van der Waals surface area contributed by atoms with E-state index in [1.54, 1.807) is 55.5 Å². The van der Waals surface area contributed by atoms with Crippen molar-refractivity contribution in [1.82, 2.24) is 10.6 Å². The Hall–Kier alpha value is -3.61. The molecule has 7 nitrogen and oxygen atoms in total. The predicted molar refractivity (Wildman–Crippen MR) is 115 cm³/mol. The maximum atomic E-state index is 12.7. The Bertz CT molecular complexity index is 967. The molecule has 7 heteroatoms. The molecule has 0 saturated heterocycles. The molecule has 1 aliphatic rings. The fraction of sp³-hybridized carbons (Fsp3) is 0.292. The number of carbonyl (C=O) groups is 3. The van der Waals surface area contributed by atoms with E-state index >= 15 is 0 Å². The first-order chi connectivity index (χ1) is 15.0. The standard InChI is InChI=1S/C24H26N2O5/c1-3-5-11-19-20(23(28)30-4-2)21(26-24(29)25-19)16-12-14-18(15-13-16)31-22(27)17-9-7-6-8-10-17/h6-10,12-15,21H,3-5,11H2,1-2H3,(H2,25,26,29). The lowest BCUT2D eigenvalue weighted by molar-refractivity contribution is -0.139. The van der Waals surface area contributed by atoms with E-state index in [9.17, 15) is 14.4 Å². The van der Waals surface area contributed by atoms with Gasteiger partial charge in [-0.05, 0) is 49.6 Å². The Labute approximate surface area is 181 Å². The molecule has 162 valence electrons. The third-order valence-electron chi connectivity index (χ3n) is 4.86. The highest BCUT2D eigenvalue weighted by Gasteiger charge is 2.33. The summed E-state index contributed by atoms with van der Waals surface area (Å²) >= 11 is 0. The largest absolute Gasteiger partial charge is 0.463 e. The van der Waals surface area contributed by atoms with E-state index in [1.807, 2.05) is 13.0 Å². The van der Waals surface area contributed by atoms with Crippen molar-refractivity contribution in [1.29, 1.82) is 0 Å². The minimum Gasteiger partial charge on any atom is -0.463 e. The molecule has 1 atom stereocenters. The van der Waals surface area contributed by atoms with Crippen molar-refractivity contribution < 1.29 is 23.9 Å². The number of ether oxygens (including phenoxy) is 2. The Kier molecular flexibility index (Phi) is 7.43. The van der Waals surface area contributed by atoms with Crippen LogP contribution in [0.3, 0.4) is 0 Å². The van der Waals surface area contributed by atoms with E-state index in [1.165, 1.54) is 0 Å². The quantitative estimate of drug-likeness (QED) is 0.490. The second-order valence-electron chi connectivity index (χ2n) is 7.07. The van der Waals surface area contributed by atoms with E-state index in [0.29, 0.717) is 34.6 Å². The van der Waals surface area contributed by atoms with Gasteiger partial charge in [0.2, 0.25) is 0 Å². The summed E-state index contributed by atoms with van der Waals surface area (Å²) in [6.07, 6.45) is 2.33. The summed E-state index contributed by atoms with van der Waals surface area (Å²) in [7, 11) is 0. The highest BCUT2D eigenvalue weighted by atomic mass is 16.5. The number of nitrogens with one attached hydrogen (secondary N) is 2. The number of unbranched alkanes of at least 4 members (excludes halogenated alkanes) is 1. The van der Waals surface area contributed by atoms with Crippen molar-refractivity contribution in [2.75, 3.05) is 6.61 Å². The Morgan fingerprint density at radius 3 is 2.32 bits per heavy atom. The fourth-order valence-electron chi connectivity index (χ4n) is 3.34. The van der Waals surface area contributed by atoms with Crippen LogP contribution < -0.4 is 15.4 Å². The second-order valence-corrected chi connectivity index (χ2v) is 7.07. The average molecular weight is 422 g/mol. The van der Waals surface area contributed by atoms with Gasteiger partial charge in [-0.25, -0.2) is 14.4 Å². The first-order valence-electron chi connectivity index (χ1n) is 10.4. The van der Waals surface area contributed by atoms with Crippen molar-refractivity contribution in [3.05, 3.63) is 77.0 Å². The maximum Gasteiger partial charge on any atom is 0.343 e. The van der Waals surface area contributed by atoms with E-state index in [4.69, 9.17) is 9.47 Å². The number of amides is 2. The van der Waals surface area contributed by atoms with Crippen LogP contribution >= 0.6 is 0 Å². The molecule has 1 aliphatic heterocycles. The summed E-state index contributed by atoms with van der Waals surface area (Å²) in [6.45, 7) is 4.02. The number of allylic oxidation sites excluding steroid dienone is 1. The van der Waals surface area contributed by atoms with Crippen molar-refractivity contribution in [3.8, 4) is 5.75 Å². The Balaban J connectivity index is 1.85. The number of rotatable bonds is 8. The van der Waals surface area contributed by atoms with Crippen LogP contribution in [0.1, 0.15) is 55.1 Å². The number of benzene rings is 2. The molecule has 0 spiro atoms. The molecular weight excluding hydrogens is 396 g/mol.